The van der Waals surface area contributed by atoms with Crippen LogP contribution >= 0.6 is 23.2 Å². The third kappa shape index (κ3) is 3.85. The van der Waals surface area contributed by atoms with Crippen LogP contribution in [-0.4, -0.2) is 27.3 Å². The van der Waals surface area contributed by atoms with E-state index in [1.54, 1.807) is 24.3 Å². The fourth-order valence-corrected chi connectivity index (χ4v) is 1.93. The molecule has 20 heavy (non-hydrogen) atoms. The molecule has 0 aliphatic heterocycles. The van der Waals surface area contributed by atoms with E-state index >= 15 is 0 Å². The predicted octanol–water partition coefficient (Wildman–Crippen LogP) is 2.62. The molecule has 2 aromatic rings. The number of nitrogens with zero attached hydrogens (tertiary/aromatic N) is 3. The molecule has 0 spiro atoms. The molecule has 0 radical (unpaired) electrons. The van der Waals surface area contributed by atoms with E-state index in [1.165, 1.54) is 4.68 Å². The predicted molar refractivity (Wildman–Crippen MR) is 76.3 cm³/mol. The van der Waals surface area contributed by atoms with Crippen LogP contribution in [0.4, 0.5) is 5.69 Å². The zero-order chi connectivity index (χ0) is 14.5. The second kappa shape index (κ2) is 6.58. The average molecular weight is 315 g/mol. The quantitative estimate of drug-likeness (QED) is 0.921. The van der Waals surface area contributed by atoms with E-state index in [-0.39, 0.29) is 23.0 Å². The van der Waals surface area contributed by atoms with Gasteiger partial charge in [-0.3, -0.25) is 4.79 Å². The average Bonchev–Trinajstić information content (AvgIpc) is 2.70. The maximum absolute atomic E-state index is 11.8. The lowest BCUT2D eigenvalue weighted by molar-refractivity contribution is -0.116. The highest BCUT2D eigenvalue weighted by atomic mass is 35.5. The number of carbonyl (C=O) groups excluding carboxylic acids is 1. The number of hydrogen-bond acceptors (Lipinski definition) is 4. The summed E-state index contributed by atoms with van der Waals surface area (Å²) in [5.41, 5.74) is 0.654. The van der Waals surface area contributed by atoms with Gasteiger partial charge in [-0.1, -0.05) is 0 Å². The first kappa shape index (κ1) is 14.6. The first-order valence-electron chi connectivity index (χ1n) is 5.87. The number of anilines is 1. The van der Waals surface area contributed by atoms with E-state index < -0.39 is 0 Å². The first-order chi connectivity index (χ1) is 9.58. The van der Waals surface area contributed by atoms with E-state index in [9.17, 15) is 4.79 Å². The SMILES string of the molecule is CCOc1ccc(NC(=O)Cn2nc(Cl)nc2Cl)cc1. The molecule has 6 nitrogen and oxygen atoms in total. The maximum atomic E-state index is 11.8. The lowest BCUT2D eigenvalue weighted by atomic mass is 10.3. The van der Waals surface area contributed by atoms with Gasteiger partial charge in [0.25, 0.3) is 0 Å². The summed E-state index contributed by atoms with van der Waals surface area (Å²) in [5, 5.41) is 6.57. The summed E-state index contributed by atoms with van der Waals surface area (Å²) in [7, 11) is 0. The van der Waals surface area contributed by atoms with E-state index in [2.05, 4.69) is 15.4 Å². The molecule has 0 saturated heterocycles. The lowest BCUT2D eigenvalue weighted by Crippen LogP contribution is -2.19. The van der Waals surface area contributed by atoms with Gasteiger partial charge in [-0.15, -0.1) is 5.10 Å². The summed E-state index contributed by atoms with van der Waals surface area (Å²) in [4.78, 5) is 15.5. The van der Waals surface area contributed by atoms with Gasteiger partial charge < -0.3 is 10.1 Å². The van der Waals surface area contributed by atoms with E-state index in [0.717, 1.165) is 5.75 Å². The Kier molecular flexibility index (Phi) is 4.81. The van der Waals surface area contributed by atoms with Gasteiger partial charge in [0.2, 0.25) is 16.5 Å². The molecule has 1 aromatic carbocycles. The molecule has 1 heterocycles. The van der Waals surface area contributed by atoms with Gasteiger partial charge >= 0.3 is 0 Å². The van der Waals surface area contributed by atoms with Gasteiger partial charge in [-0.2, -0.15) is 4.98 Å². The number of aromatic nitrogens is 3. The van der Waals surface area contributed by atoms with Crippen LogP contribution in [0.25, 0.3) is 0 Å². The van der Waals surface area contributed by atoms with Crippen LogP contribution in [0.2, 0.25) is 10.6 Å². The Hall–Kier alpha value is -1.79. The molecule has 1 N–H and O–H groups in total. The van der Waals surface area contributed by atoms with Crippen LogP contribution in [0.15, 0.2) is 24.3 Å². The largest absolute Gasteiger partial charge is 0.494 e. The number of halogens is 2. The molecule has 0 fully saturated rings. The van der Waals surface area contributed by atoms with Gasteiger partial charge in [-0.25, -0.2) is 4.68 Å². The van der Waals surface area contributed by atoms with E-state index in [4.69, 9.17) is 27.9 Å². The zero-order valence-corrected chi connectivity index (χ0v) is 12.1. The Balaban J connectivity index is 1.95. The van der Waals surface area contributed by atoms with Gasteiger partial charge in [0.1, 0.15) is 12.3 Å². The molecule has 0 atom stereocenters. The molecule has 8 heteroatoms. The molecule has 0 unspecified atom stereocenters. The van der Waals surface area contributed by atoms with Gasteiger partial charge in [0.05, 0.1) is 6.61 Å². The van der Waals surface area contributed by atoms with Gasteiger partial charge in [0, 0.05) is 5.69 Å². The smallest absolute Gasteiger partial charge is 0.246 e. The number of amides is 1. The van der Waals surface area contributed by atoms with Crippen LogP contribution in [0.5, 0.6) is 5.75 Å². The highest BCUT2D eigenvalue weighted by Gasteiger charge is 2.10. The monoisotopic (exact) mass is 314 g/mol. The minimum atomic E-state index is -0.280. The Morgan fingerprint density at radius 2 is 2.05 bits per heavy atom. The zero-order valence-electron chi connectivity index (χ0n) is 10.6. The van der Waals surface area contributed by atoms with Crippen LogP contribution in [0.1, 0.15) is 6.92 Å². The molecular weight excluding hydrogens is 303 g/mol. The molecule has 0 aliphatic rings. The summed E-state index contributed by atoms with van der Waals surface area (Å²) < 4.78 is 6.53. The molecule has 0 aliphatic carbocycles. The topological polar surface area (TPSA) is 69.0 Å². The molecule has 2 rings (SSSR count). The number of nitrogens with one attached hydrogen (secondary N) is 1. The minimum absolute atomic E-state index is 0.00358. The molecule has 1 aromatic heterocycles. The molecule has 106 valence electrons. The van der Waals surface area contributed by atoms with Crippen molar-refractivity contribution in [2.24, 2.45) is 0 Å². The van der Waals surface area contributed by atoms with E-state index in [1.807, 2.05) is 6.92 Å². The standard InChI is InChI=1S/C12H12Cl2N4O2/c1-2-20-9-5-3-8(4-6-9)15-10(19)7-18-12(14)16-11(13)17-18/h3-6H,2,7H2,1H3,(H,15,19). The number of rotatable bonds is 5. The van der Waals surface area contributed by atoms with Crippen molar-refractivity contribution >= 4 is 34.8 Å². The van der Waals surface area contributed by atoms with Crippen molar-refractivity contribution in [1.29, 1.82) is 0 Å². The summed E-state index contributed by atoms with van der Waals surface area (Å²) in [6.45, 7) is 2.44. The molecule has 0 saturated carbocycles. The Bertz CT molecular complexity index is 598. The fraction of sp³-hybridized carbons (Fsp3) is 0.250. The van der Waals surface area contributed by atoms with Crippen LogP contribution in [0.3, 0.4) is 0 Å². The summed E-state index contributed by atoms with van der Waals surface area (Å²) in [5.74, 6) is 0.467. The van der Waals surface area contributed by atoms with Crippen molar-refractivity contribution in [2.75, 3.05) is 11.9 Å². The number of benzene rings is 1. The lowest BCUT2D eigenvalue weighted by Gasteiger charge is -2.07. The van der Waals surface area contributed by atoms with Crippen molar-refractivity contribution in [3.63, 3.8) is 0 Å². The number of carbonyl (C=O) groups is 1. The Morgan fingerprint density at radius 1 is 1.35 bits per heavy atom. The fourth-order valence-electron chi connectivity index (χ4n) is 1.54. The summed E-state index contributed by atoms with van der Waals surface area (Å²) in [6, 6.07) is 7.05. The van der Waals surface area contributed by atoms with Crippen molar-refractivity contribution in [3.8, 4) is 5.75 Å². The Morgan fingerprint density at radius 3 is 2.60 bits per heavy atom. The first-order valence-corrected chi connectivity index (χ1v) is 6.62. The number of hydrogen-bond donors (Lipinski definition) is 1. The highest BCUT2D eigenvalue weighted by Crippen LogP contribution is 2.16. The van der Waals surface area contributed by atoms with Crippen molar-refractivity contribution in [3.05, 3.63) is 34.8 Å². The van der Waals surface area contributed by atoms with Gasteiger partial charge in [0.15, 0.2) is 0 Å². The van der Waals surface area contributed by atoms with Crippen molar-refractivity contribution < 1.29 is 9.53 Å². The normalized spacial score (nSPS) is 10.3. The summed E-state index contributed by atoms with van der Waals surface area (Å²) in [6.07, 6.45) is 0. The third-order valence-electron chi connectivity index (χ3n) is 2.34. The Labute approximate surface area is 125 Å². The van der Waals surface area contributed by atoms with Crippen molar-refractivity contribution in [1.82, 2.24) is 14.8 Å². The van der Waals surface area contributed by atoms with Crippen LogP contribution in [-0.2, 0) is 11.3 Å². The van der Waals surface area contributed by atoms with Crippen molar-refractivity contribution in [2.45, 2.75) is 13.5 Å². The highest BCUT2D eigenvalue weighted by molar-refractivity contribution is 6.31. The maximum Gasteiger partial charge on any atom is 0.246 e. The van der Waals surface area contributed by atoms with E-state index in [0.29, 0.717) is 12.3 Å². The minimum Gasteiger partial charge on any atom is -0.494 e. The van der Waals surface area contributed by atoms with Crippen LogP contribution in [0, 0.1) is 0 Å². The second-order valence-corrected chi connectivity index (χ2v) is 4.49. The van der Waals surface area contributed by atoms with Gasteiger partial charge in [-0.05, 0) is 54.4 Å². The summed E-state index contributed by atoms with van der Waals surface area (Å²) >= 11 is 11.3. The molecule has 1 amide bonds. The second-order valence-electron chi connectivity index (χ2n) is 3.81. The number of ether oxygens (including phenoxy) is 1. The molecule has 0 bridgehead atoms. The molecular formula is C12H12Cl2N4O2. The third-order valence-corrected chi connectivity index (χ3v) is 2.78. The van der Waals surface area contributed by atoms with Crippen LogP contribution < -0.4 is 10.1 Å².